The first-order chi connectivity index (χ1) is 15.3. The Morgan fingerprint density at radius 1 is 0.774 bits per heavy atom. The lowest BCUT2D eigenvalue weighted by atomic mass is 10.0. The van der Waals surface area contributed by atoms with Gasteiger partial charge in [0.25, 0.3) is 0 Å². The van der Waals surface area contributed by atoms with Gasteiger partial charge < -0.3 is 5.32 Å². The van der Waals surface area contributed by atoms with E-state index < -0.39 is 0 Å². The third-order valence-electron chi connectivity index (χ3n) is 5.16. The average Bonchev–Trinajstić information content (AvgIpc) is 2.84. The fourth-order valence-corrected chi connectivity index (χ4v) is 3.49. The molecule has 2 aromatic carbocycles. The summed E-state index contributed by atoms with van der Waals surface area (Å²) in [5.74, 6) is 1.43. The maximum absolute atomic E-state index is 4.85. The number of nitrogens with zero attached hydrogens (tertiary/aromatic N) is 4. The first kappa shape index (κ1) is 18.9. The zero-order chi connectivity index (χ0) is 21.0. The van der Waals surface area contributed by atoms with E-state index in [1.165, 1.54) is 11.1 Å². The normalized spacial score (nSPS) is 10.9. The van der Waals surface area contributed by atoms with Crippen molar-refractivity contribution in [2.75, 3.05) is 5.32 Å². The van der Waals surface area contributed by atoms with Crippen molar-refractivity contribution in [3.63, 3.8) is 0 Å². The molecule has 0 saturated carbocycles. The van der Waals surface area contributed by atoms with Gasteiger partial charge in [0, 0.05) is 29.5 Å². The first-order valence-corrected chi connectivity index (χ1v) is 10.2. The van der Waals surface area contributed by atoms with Gasteiger partial charge in [-0.1, -0.05) is 42.0 Å². The SMILES string of the molecule is Cc1ccc(-c2ccc3nc(-c4cccnc4)nc(NCc4ccccn4)c3c2)cc1. The van der Waals surface area contributed by atoms with Crippen LogP contribution in [0.5, 0.6) is 0 Å². The highest BCUT2D eigenvalue weighted by molar-refractivity contribution is 5.94. The van der Waals surface area contributed by atoms with Gasteiger partial charge in [-0.15, -0.1) is 0 Å². The van der Waals surface area contributed by atoms with Gasteiger partial charge in [-0.25, -0.2) is 9.97 Å². The van der Waals surface area contributed by atoms with Crippen LogP contribution >= 0.6 is 0 Å². The summed E-state index contributed by atoms with van der Waals surface area (Å²) >= 11 is 0. The lowest BCUT2D eigenvalue weighted by Crippen LogP contribution is -2.05. The van der Waals surface area contributed by atoms with Crippen molar-refractivity contribution in [2.45, 2.75) is 13.5 Å². The number of fused-ring (bicyclic) bond motifs is 1. The zero-order valence-corrected chi connectivity index (χ0v) is 17.2. The molecule has 5 aromatic rings. The van der Waals surface area contributed by atoms with Gasteiger partial charge in [-0.3, -0.25) is 9.97 Å². The molecule has 0 fully saturated rings. The average molecular weight is 403 g/mol. The molecule has 3 heterocycles. The molecule has 31 heavy (non-hydrogen) atoms. The summed E-state index contributed by atoms with van der Waals surface area (Å²) in [5.41, 5.74) is 6.25. The van der Waals surface area contributed by atoms with E-state index in [4.69, 9.17) is 9.97 Å². The van der Waals surface area contributed by atoms with E-state index in [1.807, 2.05) is 30.3 Å². The molecule has 5 rings (SSSR count). The van der Waals surface area contributed by atoms with Crippen LogP contribution in [0, 0.1) is 6.92 Å². The van der Waals surface area contributed by atoms with Crippen molar-refractivity contribution in [2.24, 2.45) is 0 Å². The van der Waals surface area contributed by atoms with Crippen molar-refractivity contribution in [1.29, 1.82) is 0 Å². The van der Waals surface area contributed by atoms with Crippen LogP contribution in [0.2, 0.25) is 0 Å². The van der Waals surface area contributed by atoms with Crippen LogP contribution in [0.15, 0.2) is 91.4 Å². The van der Waals surface area contributed by atoms with E-state index in [2.05, 4.69) is 64.7 Å². The third-order valence-corrected chi connectivity index (χ3v) is 5.16. The molecule has 0 radical (unpaired) electrons. The van der Waals surface area contributed by atoms with Crippen LogP contribution in [0.3, 0.4) is 0 Å². The molecule has 0 aliphatic rings. The molecule has 5 nitrogen and oxygen atoms in total. The van der Waals surface area contributed by atoms with E-state index in [0.717, 1.165) is 33.5 Å². The highest BCUT2D eigenvalue weighted by atomic mass is 15.0. The number of aromatic nitrogens is 4. The van der Waals surface area contributed by atoms with E-state index >= 15 is 0 Å². The zero-order valence-electron chi connectivity index (χ0n) is 17.2. The molecule has 0 aliphatic heterocycles. The molecule has 1 N–H and O–H groups in total. The molecule has 0 aliphatic carbocycles. The minimum atomic E-state index is 0.578. The Kier molecular flexibility index (Phi) is 5.07. The summed E-state index contributed by atoms with van der Waals surface area (Å²) in [4.78, 5) is 18.3. The highest BCUT2D eigenvalue weighted by Crippen LogP contribution is 2.30. The first-order valence-electron chi connectivity index (χ1n) is 10.2. The molecule has 0 spiro atoms. The third kappa shape index (κ3) is 4.12. The number of anilines is 1. The van der Waals surface area contributed by atoms with Gasteiger partial charge in [0.1, 0.15) is 5.82 Å². The molecule has 5 heteroatoms. The highest BCUT2D eigenvalue weighted by Gasteiger charge is 2.11. The van der Waals surface area contributed by atoms with Crippen LogP contribution < -0.4 is 5.32 Å². The second-order valence-corrected chi connectivity index (χ2v) is 7.41. The monoisotopic (exact) mass is 403 g/mol. The molecular formula is C26H21N5. The Morgan fingerprint density at radius 3 is 2.42 bits per heavy atom. The van der Waals surface area contributed by atoms with Crippen molar-refractivity contribution in [3.8, 4) is 22.5 Å². The van der Waals surface area contributed by atoms with Gasteiger partial charge in [0.2, 0.25) is 0 Å². The van der Waals surface area contributed by atoms with Gasteiger partial charge in [0.05, 0.1) is 17.8 Å². The Bertz CT molecular complexity index is 1320. The van der Waals surface area contributed by atoms with Crippen LogP contribution in [0.25, 0.3) is 33.4 Å². The predicted molar refractivity (Wildman–Crippen MR) is 125 cm³/mol. The lowest BCUT2D eigenvalue weighted by Gasteiger charge is -2.12. The Labute approximate surface area is 180 Å². The predicted octanol–water partition coefficient (Wildman–Crippen LogP) is 5.67. The van der Waals surface area contributed by atoms with Crippen molar-refractivity contribution in [3.05, 3.63) is 103 Å². The van der Waals surface area contributed by atoms with Gasteiger partial charge in [-0.2, -0.15) is 0 Å². The number of hydrogen-bond donors (Lipinski definition) is 1. The number of rotatable bonds is 5. The fourth-order valence-electron chi connectivity index (χ4n) is 3.49. The Morgan fingerprint density at radius 2 is 1.65 bits per heavy atom. The smallest absolute Gasteiger partial charge is 0.163 e. The van der Waals surface area contributed by atoms with E-state index in [1.54, 1.807) is 18.6 Å². The summed E-state index contributed by atoms with van der Waals surface area (Å²) in [6.45, 7) is 2.67. The molecule has 0 atom stereocenters. The van der Waals surface area contributed by atoms with Crippen LogP contribution in [0.4, 0.5) is 5.82 Å². The molecule has 0 amide bonds. The van der Waals surface area contributed by atoms with Crippen molar-refractivity contribution < 1.29 is 0 Å². The molecule has 0 unspecified atom stereocenters. The second kappa shape index (κ2) is 8.32. The maximum Gasteiger partial charge on any atom is 0.163 e. The van der Waals surface area contributed by atoms with Crippen LogP contribution in [-0.2, 0) is 6.54 Å². The summed E-state index contributed by atoms with van der Waals surface area (Å²) in [5, 5.41) is 4.44. The molecule has 0 bridgehead atoms. The fraction of sp³-hybridized carbons (Fsp3) is 0.0769. The lowest BCUT2D eigenvalue weighted by molar-refractivity contribution is 1.03. The minimum absolute atomic E-state index is 0.578. The molecule has 150 valence electrons. The maximum atomic E-state index is 4.85. The van der Waals surface area contributed by atoms with Crippen LogP contribution in [-0.4, -0.2) is 19.9 Å². The second-order valence-electron chi connectivity index (χ2n) is 7.41. The summed E-state index contributed by atoms with van der Waals surface area (Å²) in [6.07, 6.45) is 5.33. The van der Waals surface area contributed by atoms with Gasteiger partial charge >= 0.3 is 0 Å². The Hall–Kier alpha value is -4.12. The number of aryl methyl sites for hydroxylation is 1. The van der Waals surface area contributed by atoms with Crippen LogP contribution in [0.1, 0.15) is 11.3 Å². The number of pyridine rings is 2. The van der Waals surface area contributed by atoms with Gasteiger partial charge in [-0.05, 0) is 54.4 Å². The topological polar surface area (TPSA) is 63.6 Å². The molecular weight excluding hydrogens is 382 g/mol. The van der Waals surface area contributed by atoms with Crippen molar-refractivity contribution >= 4 is 16.7 Å². The summed E-state index contributed by atoms with van der Waals surface area (Å²) in [7, 11) is 0. The number of nitrogens with one attached hydrogen (secondary N) is 1. The summed E-state index contributed by atoms with van der Waals surface area (Å²) < 4.78 is 0. The molecule has 0 saturated heterocycles. The quantitative estimate of drug-likeness (QED) is 0.409. The standard InChI is InChI=1S/C26H21N5/c1-18-7-9-19(10-8-18)20-11-12-24-23(15-20)26(29-17-22-6-2-3-14-28-22)31-25(30-24)21-5-4-13-27-16-21/h2-16H,17H2,1H3,(H,29,30,31). The summed E-state index contributed by atoms with van der Waals surface area (Å²) in [6, 6.07) is 24.6. The molecule has 3 aromatic heterocycles. The van der Waals surface area contributed by atoms with E-state index in [-0.39, 0.29) is 0 Å². The minimum Gasteiger partial charge on any atom is -0.364 e. The number of benzene rings is 2. The Balaban J connectivity index is 1.61. The largest absolute Gasteiger partial charge is 0.364 e. The van der Waals surface area contributed by atoms with Gasteiger partial charge in [0.15, 0.2) is 5.82 Å². The van der Waals surface area contributed by atoms with E-state index in [0.29, 0.717) is 12.4 Å². The van der Waals surface area contributed by atoms with E-state index in [9.17, 15) is 0 Å². The van der Waals surface area contributed by atoms with Crippen molar-refractivity contribution in [1.82, 2.24) is 19.9 Å². The number of hydrogen-bond acceptors (Lipinski definition) is 5.